The summed E-state index contributed by atoms with van der Waals surface area (Å²) in [6.45, 7) is 0. The predicted octanol–water partition coefficient (Wildman–Crippen LogP) is 2.90. The number of hydrogen-bond acceptors (Lipinski definition) is 6. The molecule has 7 heteroatoms. The van der Waals surface area contributed by atoms with Crippen LogP contribution in [-0.4, -0.2) is 30.9 Å². The highest BCUT2D eigenvalue weighted by molar-refractivity contribution is 6.03. The molecule has 1 N–H and O–H groups in total. The fourth-order valence-electron chi connectivity index (χ4n) is 2.70. The monoisotopic (exact) mass is 340 g/mol. The lowest BCUT2D eigenvalue weighted by atomic mass is 9.95. The van der Waals surface area contributed by atoms with Crippen LogP contribution in [0.15, 0.2) is 61.1 Å². The number of nitriles is 1. The van der Waals surface area contributed by atoms with Crippen molar-refractivity contribution in [2.24, 2.45) is 0 Å². The van der Waals surface area contributed by atoms with Gasteiger partial charge in [-0.2, -0.15) is 10.4 Å². The number of H-pyrrole nitrogens is 1. The van der Waals surface area contributed by atoms with E-state index >= 15 is 0 Å². The fourth-order valence-corrected chi connectivity index (χ4v) is 2.70. The molecule has 0 aliphatic carbocycles. The van der Waals surface area contributed by atoms with Crippen molar-refractivity contribution in [1.29, 1.82) is 5.26 Å². The number of para-hydroxylation sites is 2. The lowest BCUT2D eigenvalue weighted by molar-refractivity contribution is 0.0977. The summed E-state index contributed by atoms with van der Waals surface area (Å²) >= 11 is 0. The lowest BCUT2D eigenvalue weighted by Crippen LogP contribution is -2.13. The van der Waals surface area contributed by atoms with Crippen LogP contribution in [0.2, 0.25) is 0 Å². The van der Waals surface area contributed by atoms with Gasteiger partial charge in [0.1, 0.15) is 6.33 Å². The van der Waals surface area contributed by atoms with Crippen molar-refractivity contribution < 1.29 is 4.79 Å². The molecule has 4 aromatic rings. The first kappa shape index (κ1) is 15.6. The van der Waals surface area contributed by atoms with Crippen molar-refractivity contribution in [2.45, 2.75) is 5.92 Å². The van der Waals surface area contributed by atoms with Gasteiger partial charge in [0.05, 0.1) is 29.0 Å². The van der Waals surface area contributed by atoms with E-state index in [-0.39, 0.29) is 5.78 Å². The molecule has 1 atom stereocenters. The van der Waals surface area contributed by atoms with Crippen molar-refractivity contribution in [1.82, 2.24) is 25.1 Å². The highest BCUT2D eigenvalue weighted by atomic mass is 16.1. The van der Waals surface area contributed by atoms with Gasteiger partial charge < -0.3 is 0 Å². The minimum Gasteiger partial charge on any atom is -0.292 e. The average Bonchev–Trinajstić information content (AvgIpc) is 3.23. The molecule has 26 heavy (non-hydrogen) atoms. The van der Waals surface area contributed by atoms with Crippen molar-refractivity contribution in [3.8, 4) is 17.5 Å². The van der Waals surface area contributed by atoms with Crippen LogP contribution in [0.1, 0.15) is 22.0 Å². The Hall–Kier alpha value is -3.92. The summed E-state index contributed by atoms with van der Waals surface area (Å²) in [6.07, 6.45) is 2.88. The summed E-state index contributed by atoms with van der Waals surface area (Å²) in [5.74, 6) is -0.811. The Balaban J connectivity index is 1.71. The molecule has 0 radical (unpaired) electrons. The van der Waals surface area contributed by atoms with E-state index in [1.54, 1.807) is 24.3 Å². The molecule has 2 aromatic carbocycles. The topological polar surface area (TPSA) is 108 Å². The van der Waals surface area contributed by atoms with Crippen LogP contribution in [0, 0.1) is 11.3 Å². The van der Waals surface area contributed by atoms with Gasteiger partial charge in [0, 0.05) is 11.1 Å². The number of hydrogen-bond donors (Lipinski definition) is 1. The molecule has 0 aliphatic heterocycles. The molecule has 0 unspecified atom stereocenters. The van der Waals surface area contributed by atoms with Crippen LogP contribution < -0.4 is 0 Å². The number of nitrogens with zero attached hydrogens (tertiary/aromatic N) is 5. The molecule has 4 rings (SSSR count). The number of rotatable bonds is 4. The van der Waals surface area contributed by atoms with Gasteiger partial charge in [-0.05, 0) is 18.2 Å². The van der Waals surface area contributed by atoms with Crippen molar-refractivity contribution in [3.63, 3.8) is 0 Å². The van der Waals surface area contributed by atoms with Crippen LogP contribution in [0.3, 0.4) is 0 Å². The Bertz CT molecular complexity index is 1130. The quantitative estimate of drug-likeness (QED) is 0.572. The molecular weight excluding hydrogens is 328 g/mol. The maximum absolute atomic E-state index is 12.9. The third-order valence-corrected chi connectivity index (χ3v) is 3.99. The Kier molecular flexibility index (Phi) is 3.92. The van der Waals surface area contributed by atoms with E-state index in [4.69, 9.17) is 0 Å². The predicted molar refractivity (Wildman–Crippen MR) is 94.0 cm³/mol. The summed E-state index contributed by atoms with van der Waals surface area (Å²) in [6, 6.07) is 16.3. The maximum atomic E-state index is 12.9. The smallest absolute Gasteiger partial charge is 0.186 e. The molecular formula is C19H12N6O. The first-order valence-corrected chi connectivity index (χ1v) is 7.87. The zero-order valence-electron chi connectivity index (χ0n) is 13.5. The maximum Gasteiger partial charge on any atom is 0.186 e. The highest BCUT2D eigenvalue weighted by Crippen LogP contribution is 2.23. The minimum absolute atomic E-state index is 0.335. The number of nitrogens with one attached hydrogen (secondary N) is 1. The SMILES string of the molecule is N#C[C@H](C(=O)c1cccc(-c2ncn[nH]2)c1)c1cnc2ccccc2n1. The van der Waals surface area contributed by atoms with Crippen LogP contribution in [0.4, 0.5) is 0 Å². The van der Waals surface area contributed by atoms with Crippen LogP contribution >= 0.6 is 0 Å². The zero-order chi connectivity index (χ0) is 17.9. The van der Waals surface area contributed by atoms with Gasteiger partial charge in [0.2, 0.25) is 0 Å². The number of ketones is 1. The minimum atomic E-state index is -1.03. The van der Waals surface area contributed by atoms with Gasteiger partial charge in [-0.15, -0.1) is 0 Å². The van der Waals surface area contributed by atoms with E-state index in [9.17, 15) is 10.1 Å². The summed E-state index contributed by atoms with van der Waals surface area (Å²) in [7, 11) is 0. The van der Waals surface area contributed by atoms with Gasteiger partial charge in [0.15, 0.2) is 17.5 Å². The third-order valence-electron chi connectivity index (χ3n) is 3.99. The Morgan fingerprint density at radius 3 is 2.69 bits per heavy atom. The largest absolute Gasteiger partial charge is 0.292 e. The van der Waals surface area contributed by atoms with E-state index in [2.05, 4.69) is 25.1 Å². The molecule has 0 bridgehead atoms. The normalized spacial score (nSPS) is 11.8. The molecule has 0 amide bonds. The van der Waals surface area contributed by atoms with E-state index in [1.807, 2.05) is 30.3 Å². The Morgan fingerprint density at radius 2 is 1.92 bits per heavy atom. The average molecular weight is 340 g/mol. The van der Waals surface area contributed by atoms with Crippen LogP contribution in [0.25, 0.3) is 22.4 Å². The number of carbonyl (C=O) groups excluding carboxylic acids is 1. The van der Waals surface area contributed by atoms with Crippen molar-refractivity contribution in [2.75, 3.05) is 0 Å². The molecule has 2 heterocycles. The Morgan fingerprint density at radius 1 is 1.08 bits per heavy atom. The van der Waals surface area contributed by atoms with Crippen molar-refractivity contribution >= 4 is 16.8 Å². The fraction of sp³-hybridized carbons (Fsp3) is 0.0526. The highest BCUT2D eigenvalue weighted by Gasteiger charge is 2.24. The summed E-state index contributed by atoms with van der Waals surface area (Å²) in [4.78, 5) is 25.7. The van der Waals surface area contributed by atoms with Gasteiger partial charge >= 0.3 is 0 Å². The number of aromatic nitrogens is 5. The Labute approximate surface area is 148 Å². The molecule has 124 valence electrons. The molecule has 0 fully saturated rings. The molecule has 0 aliphatic rings. The number of fused-ring (bicyclic) bond motifs is 1. The second-order valence-electron chi connectivity index (χ2n) is 5.62. The van der Waals surface area contributed by atoms with Crippen molar-refractivity contribution in [3.05, 3.63) is 72.3 Å². The third kappa shape index (κ3) is 2.80. The van der Waals surface area contributed by atoms with E-state index < -0.39 is 5.92 Å². The second-order valence-corrected chi connectivity index (χ2v) is 5.62. The number of Topliss-reactive ketones (excluding diaryl/α,β-unsaturated/α-hetero) is 1. The number of carbonyl (C=O) groups is 1. The molecule has 0 saturated carbocycles. The summed E-state index contributed by atoms with van der Waals surface area (Å²) in [5, 5.41) is 16.1. The van der Waals surface area contributed by atoms with E-state index in [1.165, 1.54) is 12.5 Å². The summed E-state index contributed by atoms with van der Waals surface area (Å²) in [5.41, 5.74) is 2.82. The molecule has 2 aromatic heterocycles. The van der Waals surface area contributed by atoms with Gasteiger partial charge in [0.25, 0.3) is 0 Å². The van der Waals surface area contributed by atoms with Gasteiger partial charge in [-0.3, -0.25) is 14.9 Å². The number of benzene rings is 2. The molecule has 0 saturated heterocycles. The lowest BCUT2D eigenvalue weighted by Gasteiger charge is -2.09. The van der Waals surface area contributed by atoms with Crippen LogP contribution in [0.5, 0.6) is 0 Å². The first-order chi connectivity index (χ1) is 12.8. The zero-order valence-corrected chi connectivity index (χ0v) is 13.5. The van der Waals surface area contributed by atoms with E-state index in [0.29, 0.717) is 28.1 Å². The summed E-state index contributed by atoms with van der Waals surface area (Å²) < 4.78 is 0. The first-order valence-electron chi connectivity index (χ1n) is 7.87. The van der Waals surface area contributed by atoms with Gasteiger partial charge in [-0.1, -0.05) is 30.3 Å². The molecule has 0 spiro atoms. The molecule has 7 nitrogen and oxygen atoms in total. The van der Waals surface area contributed by atoms with E-state index in [0.717, 1.165) is 5.56 Å². The van der Waals surface area contributed by atoms with Crippen LogP contribution in [-0.2, 0) is 0 Å². The number of aromatic amines is 1. The van der Waals surface area contributed by atoms with Gasteiger partial charge in [-0.25, -0.2) is 9.97 Å². The second kappa shape index (κ2) is 6.53. The standard InChI is InChI=1S/C19H12N6O/c20-9-14(17-10-21-15-6-1-2-7-16(15)24-17)18(26)12-4-3-5-13(8-12)19-22-11-23-25-19/h1-8,10-11,14H,(H,22,23,25)/t14-/m0/s1.